The van der Waals surface area contributed by atoms with Crippen LogP contribution in [0.2, 0.25) is 0 Å². The van der Waals surface area contributed by atoms with Crippen LogP contribution in [0.4, 0.5) is 0 Å². The maximum Gasteiger partial charge on any atom is 0.0498 e. The van der Waals surface area contributed by atoms with Gasteiger partial charge in [0.1, 0.15) is 0 Å². The minimum absolute atomic E-state index is 0.0241. The van der Waals surface area contributed by atoms with Crippen molar-refractivity contribution >= 4 is 15.9 Å². The fraction of sp³-hybridized carbons (Fsp3) is 0.714. The average Bonchev–Trinajstić information content (AvgIpc) is 2.08. The third-order valence-corrected chi connectivity index (χ3v) is 2.64. The molecule has 0 aromatic rings. The predicted molar refractivity (Wildman–Crippen MR) is 49.8 cm³/mol. The Hall–Kier alpha value is -0.510. The zero-order valence-corrected chi connectivity index (χ0v) is 8.11. The lowest BCUT2D eigenvalue weighted by atomic mass is 9.92. The Kier molecular flexibility index (Phi) is 3.59. The van der Waals surface area contributed by atoms with E-state index in [0.29, 0.717) is 0 Å². The molecule has 0 radical (unpaired) electrons. The second-order valence-corrected chi connectivity index (χ2v) is 3.79. The van der Waals surface area contributed by atoms with Crippen molar-refractivity contribution in [1.29, 1.82) is 0 Å². The summed E-state index contributed by atoms with van der Waals surface area (Å²) in [6.45, 7) is 0.0405. The SMILES string of the molecule is [N-]=[N+]=N[C@@H]1CCC(Br)=C[C@@H]1CO. The van der Waals surface area contributed by atoms with E-state index in [9.17, 15) is 0 Å². The van der Waals surface area contributed by atoms with Gasteiger partial charge in [0.25, 0.3) is 0 Å². The fourth-order valence-electron chi connectivity index (χ4n) is 1.31. The van der Waals surface area contributed by atoms with Gasteiger partial charge in [-0.25, -0.2) is 0 Å². The number of hydrogen-bond acceptors (Lipinski definition) is 2. The number of allylic oxidation sites excluding steroid dienone is 1. The molecule has 1 N–H and O–H groups in total. The van der Waals surface area contributed by atoms with Gasteiger partial charge in [-0.1, -0.05) is 27.1 Å². The van der Waals surface area contributed by atoms with E-state index >= 15 is 0 Å². The second kappa shape index (κ2) is 4.50. The van der Waals surface area contributed by atoms with E-state index in [0.717, 1.165) is 17.3 Å². The van der Waals surface area contributed by atoms with Gasteiger partial charge in [-0.3, -0.25) is 0 Å². The largest absolute Gasteiger partial charge is 0.396 e. The zero-order valence-electron chi connectivity index (χ0n) is 6.52. The van der Waals surface area contributed by atoms with Crippen molar-refractivity contribution in [2.24, 2.45) is 11.0 Å². The minimum atomic E-state index is -0.0821. The van der Waals surface area contributed by atoms with Crippen LogP contribution >= 0.6 is 15.9 Å². The van der Waals surface area contributed by atoms with Crippen LogP contribution in [-0.2, 0) is 0 Å². The maximum atomic E-state index is 8.96. The summed E-state index contributed by atoms with van der Waals surface area (Å²) in [7, 11) is 0. The van der Waals surface area contributed by atoms with Crippen molar-refractivity contribution in [3.63, 3.8) is 0 Å². The number of azide groups is 1. The smallest absolute Gasteiger partial charge is 0.0498 e. The first-order valence-corrected chi connectivity index (χ1v) is 4.58. The zero-order chi connectivity index (χ0) is 8.97. The number of aliphatic hydroxyl groups is 1. The predicted octanol–water partition coefficient (Wildman–Crippen LogP) is 2.35. The van der Waals surface area contributed by atoms with Gasteiger partial charge in [0.2, 0.25) is 0 Å². The Morgan fingerprint density at radius 1 is 1.83 bits per heavy atom. The summed E-state index contributed by atoms with van der Waals surface area (Å²) in [6.07, 6.45) is 3.62. The molecule has 0 heterocycles. The van der Waals surface area contributed by atoms with E-state index in [4.69, 9.17) is 10.6 Å². The molecular weight excluding hydrogens is 222 g/mol. The van der Waals surface area contributed by atoms with E-state index in [2.05, 4.69) is 26.0 Å². The molecule has 1 aliphatic rings. The fourth-order valence-corrected chi connectivity index (χ4v) is 1.88. The van der Waals surface area contributed by atoms with E-state index in [1.165, 1.54) is 0 Å². The van der Waals surface area contributed by atoms with Crippen molar-refractivity contribution < 1.29 is 5.11 Å². The van der Waals surface area contributed by atoms with Gasteiger partial charge in [0.15, 0.2) is 0 Å². The van der Waals surface area contributed by atoms with Crippen molar-refractivity contribution in [2.75, 3.05) is 6.61 Å². The lowest BCUT2D eigenvalue weighted by molar-refractivity contribution is 0.226. The van der Waals surface area contributed by atoms with Gasteiger partial charge in [-0.2, -0.15) is 0 Å². The molecule has 66 valence electrons. The molecule has 0 saturated heterocycles. The maximum absolute atomic E-state index is 8.96. The first kappa shape index (κ1) is 9.58. The van der Waals surface area contributed by atoms with Crippen molar-refractivity contribution in [1.82, 2.24) is 0 Å². The molecule has 0 unspecified atom stereocenters. The summed E-state index contributed by atoms with van der Waals surface area (Å²) in [5.41, 5.74) is 8.24. The monoisotopic (exact) mass is 231 g/mol. The van der Waals surface area contributed by atoms with E-state index in [-0.39, 0.29) is 18.6 Å². The summed E-state index contributed by atoms with van der Waals surface area (Å²) >= 11 is 3.36. The molecule has 0 bridgehead atoms. The Labute approximate surface area is 79.0 Å². The van der Waals surface area contributed by atoms with E-state index < -0.39 is 0 Å². The van der Waals surface area contributed by atoms with Gasteiger partial charge >= 0.3 is 0 Å². The van der Waals surface area contributed by atoms with Gasteiger partial charge in [-0.05, 0) is 22.9 Å². The summed E-state index contributed by atoms with van der Waals surface area (Å²) < 4.78 is 1.09. The van der Waals surface area contributed by atoms with Crippen LogP contribution in [0.3, 0.4) is 0 Å². The number of hydrogen-bond donors (Lipinski definition) is 1. The first-order valence-electron chi connectivity index (χ1n) is 3.79. The van der Waals surface area contributed by atoms with Crippen molar-refractivity contribution in [3.8, 4) is 0 Å². The molecule has 0 amide bonds. The Bertz CT molecular complexity index is 235. The van der Waals surface area contributed by atoms with Crippen LogP contribution in [0.15, 0.2) is 15.7 Å². The van der Waals surface area contributed by atoms with Gasteiger partial charge in [-0.15, -0.1) is 0 Å². The molecule has 0 aromatic heterocycles. The minimum Gasteiger partial charge on any atom is -0.396 e. The molecule has 1 aliphatic carbocycles. The highest BCUT2D eigenvalue weighted by Gasteiger charge is 2.21. The normalized spacial score (nSPS) is 29.0. The summed E-state index contributed by atoms with van der Waals surface area (Å²) in [6, 6.07) is -0.0821. The third kappa shape index (κ3) is 2.24. The highest BCUT2D eigenvalue weighted by atomic mass is 79.9. The van der Waals surface area contributed by atoms with Crippen LogP contribution in [0.5, 0.6) is 0 Å². The first-order chi connectivity index (χ1) is 5.77. The molecule has 0 aromatic carbocycles. The van der Waals surface area contributed by atoms with Gasteiger partial charge < -0.3 is 5.11 Å². The van der Waals surface area contributed by atoms with E-state index in [1.807, 2.05) is 6.08 Å². The van der Waals surface area contributed by atoms with Gasteiger partial charge in [0, 0.05) is 23.5 Å². The number of rotatable bonds is 2. The Morgan fingerprint density at radius 3 is 3.17 bits per heavy atom. The van der Waals surface area contributed by atoms with Crippen LogP contribution in [0.1, 0.15) is 12.8 Å². The lowest BCUT2D eigenvalue weighted by Crippen LogP contribution is -2.23. The summed E-state index contributed by atoms with van der Waals surface area (Å²) in [5, 5.41) is 12.6. The molecule has 0 spiro atoms. The topological polar surface area (TPSA) is 69.0 Å². The molecule has 1 rings (SSSR count). The molecule has 0 aliphatic heterocycles. The number of halogens is 1. The quantitative estimate of drug-likeness (QED) is 0.443. The summed E-state index contributed by atoms with van der Waals surface area (Å²) in [4.78, 5) is 2.75. The Balaban J connectivity index is 2.72. The highest BCUT2D eigenvalue weighted by molar-refractivity contribution is 9.11. The van der Waals surface area contributed by atoms with Gasteiger partial charge in [0.05, 0.1) is 0 Å². The Morgan fingerprint density at radius 2 is 2.58 bits per heavy atom. The molecule has 2 atom stereocenters. The molecule has 4 nitrogen and oxygen atoms in total. The van der Waals surface area contributed by atoms with Crippen LogP contribution in [0, 0.1) is 5.92 Å². The average molecular weight is 232 g/mol. The molecule has 12 heavy (non-hydrogen) atoms. The molecule has 0 fully saturated rings. The standard InChI is InChI=1S/C7H10BrN3O/c8-6-1-2-7(10-11-9)5(3-6)4-12/h3,5,7,12H,1-2,4H2/t5-,7-/m1/s1. The molecular formula is C7H10BrN3O. The van der Waals surface area contributed by atoms with Crippen LogP contribution in [-0.4, -0.2) is 17.8 Å². The second-order valence-electron chi connectivity index (χ2n) is 2.77. The van der Waals surface area contributed by atoms with Crippen LogP contribution < -0.4 is 0 Å². The lowest BCUT2D eigenvalue weighted by Gasteiger charge is -2.23. The highest BCUT2D eigenvalue weighted by Crippen LogP contribution is 2.28. The molecule has 5 heteroatoms. The third-order valence-electron chi connectivity index (χ3n) is 1.98. The molecule has 0 saturated carbocycles. The number of nitrogens with zero attached hydrogens (tertiary/aromatic N) is 3. The summed E-state index contributed by atoms with van der Waals surface area (Å²) in [5.74, 6) is -0.0241. The number of aliphatic hydroxyl groups excluding tert-OH is 1. The van der Waals surface area contributed by atoms with E-state index in [1.54, 1.807) is 0 Å². The van der Waals surface area contributed by atoms with Crippen molar-refractivity contribution in [2.45, 2.75) is 18.9 Å². The van der Waals surface area contributed by atoms with Crippen molar-refractivity contribution in [3.05, 3.63) is 21.0 Å². The van der Waals surface area contributed by atoms with Crippen LogP contribution in [0.25, 0.3) is 10.4 Å².